The van der Waals surface area contributed by atoms with Crippen LogP contribution < -0.4 is 5.32 Å². The minimum absolute atomic E-state index is 0.129. The lowest BCUT2D eigenvalue weighted by atomic mass is 9.83. The van der Waals surface area contributed by atoms with Gasteiger partial charge in [-0.2, -0.15) is 0 Å². The molecule has 0 aromatic carbocycles. The topological polar surface area (TPSA) is 32.3 Å². The molecule has 94 valence electrons. The highest BCUT2D eigenvalue weighted by Crippen LogP contribution is 2.29. The lowest BCUT2D eigenvalue weighted by Crippen LogP contribution is -2.41. The monoisotopic (exact) mass is 234 g/mol. The number of amides is 1. The number of carbonyl (C=O) groups is 1. The normalized spacial score (nSPS) is 16.4. The Morgan fingerprint density at radius 2 is 2.29 bits per heavy atom. The SMILES string of the molecule is C#CCNCC(=O)N1CC=C(C(C)(C)C)CC1. The summed E-state index contributed by atoms with van der Waals surface area (Å²) in [5.74, 6) is 2.59. The van der Waals surface area contributed by atoms with Crippen molar-refractivity contribution >= 4 is 5.91 Å². The van der Waals surface area contributed by atoms with E-state index in [9.17, 15) is 4.79 Å². The third-order valence-electron chi connectivity index (χ3n) is 3.03. The van der Waals surface area contributed by atoms with Crippen molar-refractivity contribution in [2.24, 2.45) is 5.41 Å². The second kappa shape index (κ2) is 5.88. The van der Waals surface area contributed by atoms with Gasteiger partial charge in [-0.25, -0.2) is 0 Å². The fourth-order valence-electron chi connectivity index (χ4n) is 1.93. The maximum absolute atomic E-state index is 11.8. The third kappa shape index (κ3) is 4.24. The van der Waals surface area contributed by atoms with Gasteiger partial charge in [-0.3, -0.25) is 10.1 Å². The first-order valence-electron chi connectivity index (χ1n) is 6.06. The Morgan fingerprint density at radius 1 is 1.59 bits per heavy atom. The lowest BCUT2D eigenvalue weighted by Gasteiger charge is -2.32. The van der Waals surface area contributed by atoms with Crippen molar-refractivity contribution in [3.8, 4) is 12.3 Å². The molecular weight excluding hydrogens is 212 g/mol. The van der Waals surface area contributed by atoms with Gasteiger partial charge in [0, 0.05) is 13.1 Å². The standard InChI is InChI=1S/C14H22N2O/c1-5-8-15-11-13(17)16-9-6-12(7-10-16)14(2,3)4/h1,6,15H,7-11H2,2-4H3. The van der Waals surface area contributed by atoms with E-state index in [4.69, 9.17) is 6.42 Å². The van der Waals surface area contributed by atoms with Crippen molar-refractivity contribution in [3.05, 3.63) is 11.6 Å². The summed E-state index contributed by atoms with van der Waals surface area (Å²) in [5, 5.41) is 2.93. The number of carbonyl (C=O) groups excluding carboxylic acids is 1. The molecule has 1 aliphatic heterocycles. The zero-order valence-corrected chi connectivity index (χ0v) is 11.0. The predicted molar refractivity (Wildman–Crippen MR) is 70.4 cm³/mol. The first-order valence-corrected chi connectivity index (χ1v) is 6.06. The van der Waals surface area contributed by atoms with Crippen LogP contribution in [0.4, 0.5) is 0 Å². The van der Waals surface area contributed by atoms with Crippen LogP contribution in [0.2, 0.25) is 0 Å². The summed E-state index contributed by atoms with van der Waals surface area (Å²) >= 11 is 0. The zero-order chi connectivity index (χ0) is 12.9. The lowest BCUT2D eigenvalue weighted by molar-refractivity contribution is -0.129. The summed E-state index contributed by atoms with van der Waals surface area (Å²) < 4.78 is 0. The van der Waals surface area contributed by atoms with E-state index in [1.807, 2.05) is 4.90 Å². The number of nitrogens with one attached hydrogen (secondary N) is 1. The van der Waals surface area contributed by atoms with Crippen molar-refractivity contribution in [1.82, 2.24) is 10.2 Å². The van der Waals surface area contributed by atoms with Crippen LogP contribution in [0.3, 0.4) is 0 Å². The molecule has 3 heteroatoms. The van der Waals surface area contributed by atoms with E-state index in [-0.39, 0.29) is 11.3 Å². The van der Waals surface area contributed by atoms with Crippen molar-refractivity contribution in [1.29, 1.82) is 0 Å². The van der Waals surface area contributed by atoms with Crippen LogP contribution in [-0.2, 0) is 4.79 Å². The van der Waals surface area contributed by atoms with Gasteiger partial charge in [-0.1, -0.05) is 38.3 Å². The Bertz CT molecular complexity index is 344. The quantitative estimate of drug-likeness (QED) is 0.455. The number of hydrogen-bond acceptors (Lipinski definition) is 2. The fraction of sp³-hybridized carbons (Fsp3) is 0.643. The first kappa shape index (κ1) is 13.8. The molecule has 3 nitrogen and oxygen atoms in total. The zero-order valence-electron chi connectivity index (χ0n) is 11.0. The third-order valence-corrected chi connectivity index (χ3v) is 3.03. The van der Waals surface area contributed by atoms with E-state index in [0.29, 0.717) is 13.1 Å². The highest BCUT2D eigenvalue weighted by atomic mass is 16.2. The predicted octanol–water partition coefficient (Wildman–Crippen LogP) is 1.41. The molecule has 0 spiro atoms. The van der Waals surface area contributed by atoms with Crippen LogP contribution >= 0.6 is 0 Å². The molecule has 0 unspecified atom stereocenters. The summed E-state index contributed by atoms with van der Waals surface area (Å²) in [4.78, 5) is 13.7. The molecule has 0 atom stereocenters. The van der Waals surface area contributed by atoms with E-state index < -0.39 is 0 Å². The molecule has 1 amide bonds. The van der Waals surface area contributed by atoms with Gasteiger partial charge in [0.1, 0.15) is 0 Å². The van der Waals surface area contributed by atoms with E-state index in [1.54, 1.807) is 0 Å². The van der Waals surface area contributed by atoms with Gasteiger partial charge in [0.25, 0.3) is 0 Å². The highest BCUT2D eigenvalue weighted by Gasteiger charge is 2.23. The molecule has 1 rings (SSSR count). The van der Waals surface area contributed by atoms with Crippen LogP contribution in [0.5, 0.6) is 0 Å². The highest BCUT2D eigenvalue weighted by molar-refractivity contribution is 5.78. The van der Waals surface area contributed by atoms with Crippen molar-refractivity contribution in [2.75, 3.05) is 26.2 Å². The number of terminal acetylenes is 1. The summed E-state index contributed by atoms with van der Waals surface area (Å²) in [6, 6.07) is 0. The Balaban J connectivity index is 2.44. The fourth-order valence-corrected chi connectivity index (χ4v) is 1.93. The Kier molecular flexibility index (Phi) is 4.77. The minimum Gasteiger partial charge on any atom is -0.338 e. The molecular formula is C14H22N2O. The smallest absolute Gasteiger partial charge is 0.236 e. The second-order valence-electron chi connectivity index (χ2n) is 5.38. The molecule has 0 radical (unpaired) electrons. The second-order valence-corrected chi connectivity index (χ2v) is 5.38. The van der Waals surface area contributed by atoms with E-state index >= 15 is 0 Å². The maximum Gasteiger partial charge on any atom is 0.236 e. The van der Waals surface area contributed by atoms with Gasteiger partial charge in [0.2, 0.25) is 5.91 Å². The Hall–Kier alpha value is -1.27. The molecule has 0 saturated carbocycles. The van der Waals surface area contributed by atoms with E-state index in [1.165, 1.54) is 5.57 Å². The Labute approximate surface area is 104 Å². The average molecular weight is 234 g/mol. The van der Waals surface area contributed by atoms with Crippen LogP contribution in [0, 0.1) is 17.8 Å². The molecule has 17 heavy (non-hydrogen) atoms. The number of rotatable bonds is 3. The van der Waals surface area contributed by atoms with E-state index in [2.05, 4.69) is 38.1 Å². The molecule has 0 aromatic rings. The molecule has 0 saturated heterocycles. The molecule has 0 aromatic heterocycles. The first-order chi connectivity index (χ1) is 7.95. The minimum atomic E-state index is 0.129. The van der Waals surface area contributed by atoms with Crippen LogP contribution in [0.25, 0.3) is 0 Å². The van der Waals surface area contributed by atoms with Crippen molar-refractivity contribution in [2.45, 2.75) is 27.2 Å². The van der Waals surface area contributed by atoms with Gasteiger partial charge in [0.05, 0.1) is 13.1 Å². The van der Waals surface area contributed by atoms with Gasteiger partial charge < -0.3 is 4.90 Å². The van der Waals surface area contributed by atoms with Gasteiger partial charge in [-0.05, 0) is 11.8 Å². The van der Waals surface area contributed by atoms with Crippen LogP contribution in [0.15, 0.2) is 11.6 Å². The van der Waals surface area contributed by atoms with Crippen molar-refractivity contribution in [3.63, 3.8) is 0 Å². The number of hydrogen-bond donors (Lipinski definition) is 1. The number of nitrogens with zero attached hydrogens (tertiary/aromatic N) is 1. The Morgan fingerprint density at radius 3 is 2.76 bits per heavy atom. The van der Waals surface area contributed by atoms with E-state index in [0.717, 1.165) is 19.5 Å². The average Bonchev–Trinajstić information content (AvgIpc) is 2.28. The van der Waals surface area contributed by atoms with Crippen LogP contribution in [0.1, 0.15) is 27.2 Å². The molecule has 0 bridgehead atoms. The summed E-state index contributed by atoms with van der Waals surface area (Å²) in [5.41, 5.74) is 1.66. The van der Waals surface area contributed by atoms with Gasteiger partial charge >= 0.3 is 0 Å². The summed E-state index contributed by atoms with van der Waals surface area (Å²) in [6.07, 6.45) is 8.27. The summed E-state index contributed by atoms with van der Waals surface area (Å²) in [6.45, 7) is 8.97. The largest absolute Gasteiger partial charge is 0.338 e. The maximum atomic E-state index is 11.8. The van der Waals surface area contributed by atoms with Gasteiger partial charge in [0.15, 0.2) is 0 Å². The summed E-state index contributed by atoms with van der Waals surface area (Å²) in [7, 11) is 0. The molecule has 0 fully saturated rings. The molecule has 1 aliphatic rings. The molecule has 0 aliphatic carbocycles. The molecule has 1 N–H and O–H groups in total. The van der Waals surface area contributed by atoms with Gasteiger partial charge in [-0.15, -0.1) is 6.42 Å². The van der Waals surface area contributed by atoms with Crippen molar-refractivity contribution < 1.29 is 4.79 Å². The molecule has 1 heterocycles. The van der Waals surface area contributed by atoms with Crippen LogP contribution in [-0.4, -0.2) is 37.0 Å².